The molecule has 1 aromatic carbocycles. The van der Waals surface area contributed by atoms with Crippen LogP contribution in [0.3, 0.4) is 0 Å². The summed E-state index contributed by atoms with van der Waals surface area (Å²) in [7, 11) is 0. The van der Waals surface area contributed by atoms with Gasteiger partial charge in [-0.3, -0.25) is 0 Å². The number of β-amino-alcohol motifs (C(OH)–C–C–N with tert-alkyl or cyclic N) is 1. The zero-order valence-corrected chi connectivity index (χ0v) is 12.4. The third-order valence-electron chi connectivity index (χ3n) is 3.38. The maximum Gasteiger partial charge on any atom is 0.315 e. The molecule has 2 atom stereocenters. The number of thioether (sulfide) groups is 1. The van der Waals surface area contributed by atoms with E-state index < -0.39 is 6.10 Å². The molecule has 0 aromatic heterocycles. The van der Waals surface area contributed by atoms with Gasteiger partial charge in [-0.05, 0) is 36.9 Å². The molecule has 4 N–H and O–H groups in total. The highest BCUT2D eigenvalue weighted by molar-refractivity contribution is 7.98. The quantitative estimate of drug-likeness (QED) is 0.624. The number of carbonyl (C=O) groups is 1. The standard InChI is InChI=1S/C14H21N3O2S/c1-20-11-4-2-10(3-5-11)8-16-14(19)17-12-6-7-15-9-13(12)18/h2-5,12-13,15,18H,6-9H2,1H3,(H2,16,17,19)/t12-,13-/m1/s1. The molecule has 0 unspecified atom stereocenters. The van der Waals surface area contributed by atoms with Crippen LogP contribution in [0.15, 0.2) is 29.2 Å². The first-order chi connectivity index (χ1) is 9.69. The average molecular weight is 295 g/mol. The van der Waals surface area contributed by atoms with Crippen molar-refractivity contribution in [2.75, 3.05) is 19.3 Å². The normalized spacial score (nSPS) is 22.3. The number of rotatable bonds is 4. The highest BCUT2D eigenvalue weighted by Crippen LogP contribution is 2.14. The van der Waals surface area contributed by atoms with Crippen molar-refractivity contribution in [1.29, 1.82) is 0 Å². The number of amides is 2. The van der Waals surface area contributed by atoms with Gasteiger partial charge in [0.2, 0.25) is 0 Å². The zero-order chi connectivity index (χ0) is 14.4. The minimum atomic E-state index is -0.518. The van der Waals surface area contributed by atoms with Crippen LogP contribution in [0.2, 0.25) is 0 Å². The minimum Gasteiger partial charge on any atom is -0.390 e. The van der Waals surface area contributed by atoms with Crippen LogP contribution in [0.4, 0.5) is 4.79 Å². The largest absolute Gasteiger partial charge is 0.390 e. The molecule has 1 aliphatic heterocycles. The molecule has 1 heterocycles. The summed E-state index contributed by atoms with van der Waals surface area (Å²) in [6.07, 6.45) is 2.26. The molecule has 0 saturated carbocycles. The lowest BCUT2D eigenvalue weighted by Crippen LogP contribution is -2.54. The highest BCUT2D eigenvalue weighted by atomic mass is 32.2. The van der Waals surface area contributed by atoms with Crippen LogP contribution < -0.4 is 16.0 Å². The van der Waals surface area contributed by atoms with Crippen molar-refractivity contribution in [1.82, 2.24) is 16.0 Å². The van der Waals surface area contributed by atoms with E-state index in [2.05, 4.69) is 16.0 Å². The Morgan fingerprint density at radius 3 is 2.85 bits per heavy atom. The molecule has 1 fully saturated rings. The molecule has 20 heavy (non-hydrogen) atoms. The van der Waals surface area contributed by atoms with E-state index in [-0.39, 0.29) is 12.1 Å². The molecule has 1 saturated heterocycles. The Morgan fingerprint density at radius 2 is 2.20 bits per heavy atom. The number of nitrogens with one attached hydrogen (secondary N) is 3. The fraction of sp³-hybridized carbons (Fsp3) is 0.500. The second-order valence-electron chi connectivity index (χ2n) is 4.84. The molecule has 6 heteroatoms. The third-order valence-corrected chi connectivity index (χ3v) is 4.12. The van der Waals surface area contributed by atoms with Gasteiger partial charge in [-0.15, -0.1) is 11.8 Å². The SMILES string of the molecule is CSc1ccc(CNC(=O)N[C@@H]2CCNC[C@H]2O)cc1. The van der Waals surface area contributed by atoms with E-state index in [1.165, 1.54) is 4.90 Å². The molecule has 0 radical (unpaired) electrons. The maximum atomic E-state index is 11.8. The minimum absolute atomic E-state index is 0.171. The Hall–Kier alpha value is -1.24. The second kappa shape index (κ2) is 7.52. The summed E-state index contributed by atoms with van der Waals surface area (Å²) in [5.41, 5.74) is 1.06. The fourth-order valence-corrected chi connectivity index (χ4v) is 2.56. The Morgan fingerprint density at radius 1 is 1.45 bits per heavy atom. The molecule has 1 aromatic rings. The summed E-state index contributed by atoms with van der Waals surface area (Å²) < 4.78 is 0. The lowest BCUT2D eigenvalue weighted by atomic mass is 10.0. The van der Waals surface area contributed by atoms with Gasteiger partial charge in [0.05, 0.1) is 12.1 Å². The molecule has 0 spiro atoms. The Labute approximate surface area is 123 Å². The Bertz CT molecular complexity index is 439. The van der Waals surface area contributed by atoms with Crippen molar-refractivity contribution in [2.24, 2.45) is 0 Å². The molecule has 2 rings (SSSR count). The summed E-state index contributed by atoms with van der Waals surface area (Å²) in [5.74, 6) is 0. The van der Waals surface area contributed by atoms with Crippen molar-refractivity contribution in [3.63, 3.8) is 0 Å². The summed E-state index contributed by atoms with van der Waals surface area (Å²) in [6.45, 7) is 1.83. The van der Waals surface area contributed by atoms with Crippen LogP contribution >= 0.6 is 11.8 Å². The number of hydrogen-bond acceptors (Lipinski definition) is 4. The first-order valence-electron chi connectivity index (χ1n) is 6.75. The number of aliphatic hydroxyl groups excluding tert-OH is 1. The molecule has 0 bridgehead atoms. The van der Waals surface area contributed by atoms with Crippen LogP contribution in [0.5, 0.6) is 0 Å². The first kappa shape index (κ1) is 15.2. The van der Waals surface area contributed by atoms with E-state index in [0.717, 1.165) is 18.5 Å². The van der Waals surface area contributed by atoms with Crippen molar-refractivity contribution >= 4 is 17.8 Å². The van der Waals surface area contributed by atoms with Crippen LogP contribution in [-0.2, 0) is 6.54 Å². The number of aliphatic hydroxyl groups is 1. The van der Waals surface area contributed by atoms with Crippen LogP contribution in [-0.4, -0.2) is 42.6 Å². The number of carbonyl (C=O) groups excluding carboxylic acids is 1. The van der Waals surface area contributed by atoms with Gasteiger partial charge >= 0.3 is 6.03 Å². The molecule has 1 aliphatic rings. The highest BCUT2D eigenvalue weighted by Gasteiger charge is 2.23. The average Bonchev–Trinajstić information content (AvgIpc) is 2.48. The maximum absolute atomic E-state index is 11.8. The van der Waals surface area contributed by atoms with Gasteiger partial charge in [0, 0.05) is 18.0 Å². The van der Waals surface area contributed by atoms with E-state index in [9.17, 15) is 9.90 Å². The summed E-state index contributed by atoms with van der Waals surface area (Å²) in [6, 6.07) is 7.68. The fourth-order valence-electron chi connectivity index (χ4n) is 2.16. The summed E-state index contributed by atoms with van der Waals surface area (Å²) in [4.78, 5) is 13.0. The van der Waals surface area contributed by atoms with Gasteiger partial charge in [0.25, 0.3) is 0 Å². The second-order valence-corrected chi connectivity index (χ2v) is 5.72. The topological polar surface area (TPSA) is 73.4 Å². The molecule has 2 amide bonds. The van der Waals surface area contributed by atoms with Gasteiger partial charge < -0.3 is 21.1 Å². The molecular weight excluding hydrogens is 274 g/mol. The van der Waals surface area contributed by atoms with Crippen LogP contribution in [0.25, 0.3) is 0 Å². The van der Waals surface area contributed by atoms with Crippen molar-refractivity contribution < 1.29 is 9.90 Å². The smallest absolute Gasteiger partial charge is 0.315 e. The van der Waals surface area contributed by atoms with E-state index in [1.807, 2.05) is 30.5 Å². The van der Waals surface area contributed by atoms with E-state index in [0.29, 0.717) is 13.1 Å². The predicted octanol–water partition coefficient (Wildman–Crippen LogP) is 0.930. The first-order valence-corrected chi connectivity index (χ1v) is 7.97. The summed E-state index contributed by atoms with van der Waals surface area (Å²) >= 11 is 1.69. The predicted molar refractivity (Wildman–Crippen MR) is 80.9 cm³/mol. The number of benzene rings is 1. The van der Waals surface area contributed by atoms with Crippen LogP contribution in [0.1, 0.15) is 12.0 Å². The van der Waals surface area contributed by atoms with Gasteiger partial charge in [0.1, 0.15) is 0 Å². The third kappa shape index (κ3) is 4.40. The summed E-state index contributed by atoms with van der Waals surface area (Å²) in [5, 5.41) is 18.5. The van der Waals surface area contributed by atoms with Gasteiger partial charge in [-0.2, -0.15) is 0 Å². The van der Waals surface area contributed by atoms with Crippen molar-refractivity contribution in [3.05, 3.63) is 29.8 Å². The van der Waals surface area contributed by atoms with Crippen LogP contribution in [0, 0.1) is 0 Å². The van der Waals surface area contributed by atoms with Gasteiger partial charge in [-0.1, -0.05) is 12.1 Å². The number of piperidine rings is 1. The number of hydrogen-bond donors (Lipinski definition) is 4. The van der Waals surface area contributed by atoms with Gasteiger partial charge in [-0.25, -0.2) is 4.79 Å². The van der Waals surface area contributed by atoms with Crippen molar-refractivity contribution in [2.45, 2.75) is 30.0 Å². The zero-order valence-electron chi connectivity index (χ0n) is 11.6. The van der Waals surface area contributed by atoms with E-state index >= 15 is 0 Å². The van der Waals surface area contributed by atoms with E-state index in [1.54, 1.807) is 11.8 Å². The van der Waals surface area contributed by atoms with Crippen molar-refractivity contribution in [3.8, 4) is 0 Å². The molecule has 110 valence electrons. The Balaban J connectivity index is 1.76. The molecule has 0 aliphatic carbocycles. The molecular formula is C14H21N3O2S. The molecule has 5 nitrogen and oxygen atoms in total. The Kier molecular flexibility index (Phi) is 5.70. The van der Waals surface area contributed by atoms with Gasteiger partial charge in [0.15, 0.2) is 0 Å². The lowest BCUT2D eigenvalue weighted by Gasteiger charge is -2.29. The number of urea groups is 1. The lowest BCUT2D eigenvalue weighted by molar-refractivity contribution is 0.106. The van der Waals surface area contributed by atoms with E-state index in [4.69, 9.17) is 0 Å². The monoisotopic (exact) mass is 295 g/mol.